The van der Waals surface area contributed by atoms with Gasteiger partial charge in [0.05, 0.1) is 5.52 Å². The zero-order valence-electron chi connectivity index (χ0n) is 13.8. The van der Waals surface area contributed by atoms with Gasteiger partial charge in [0.15, 0.2) is 5.65 Å². The largest absolute Gasteiger partial charge is 0.352 e. The molecule has 5 rings (SSSR count). The maximum Gasteiger partial charge on any atom is 0.177 e. The Balaban J connectivity index is 1.39. The lowest BCUT2D eigenvalue weighted by Gasteiger charge is -2.36. The molecule has 0 aliphatic carbocycles. The molecule has 130 valence electrons. The number of anilines is 2. The molecule has 0 radical (unpaired) electrons. The summed E-state index contributed by atoms with van der Waals surface area (Å²) in [6.07, 6.45) is 3.13. The number of fused-ring (bicyclic) bond motifs is 2. The highest BCUT2D eigenvalue weighted by molar-refractivity contribution is 5.89. The Morgan fingerprint density at radius 1 is 0.923 bits per heavy atom. The first-order chi connectivity index (χ1) is 12.8. The molecule has 0 N–H and O–H groups in total. The van der Waals surface area contributed by atoms with E-state index in [1.54, 1.807) is 16.9 Å². The van der Waals surface area contributed by atoms with Crippen LogP contribution in [0.4, 0.5) is 16.0 Å². The topological polar surface area (TPSA) is 75.3 Å². The van der Waals surface area contributed by atoms with Crippen molar-refractivity contribution in [2.75, 3.05) is 36.0 Å². The van der Waals surface area contributed by atoms with E-state index in [0.717, 1.165) is 54.4 Å². The van der Waals surface area contributed by atoms with Gasteiger partial charge in [0.1, 0.15) is 30.1 Å². The van der Waals surface area contributed by atoms with Gasteiger partial charge in [-0.2, -0.15) is 4.52 Å². The van der Waals surface area contributed by atoms with Gasteiger partial charge < -0.3 is 9.80 Å². The van der Waals surface area contributed by atoms with Crippen molar-refractivity contribution in [3.8, 4) is 0 Å². The first kappa shape index (κ1) is 14.9. The third-order valence-electron chi connectivity index (χ3n) is 4.63. The summed E-state index contributed by atoms with van der Waals surface area (Å²) < 4.78 is 15.3. The zero-order valence-corrected chi connectivity index (χ0v) is 13.8. The van der Waals surface area contributed by atoms with E-state index in [2.05, 4.69) is 35.1 Å². The quantitative estimate of drug-likeness (QED) is 0.543. The Kier molecular flexibility index (Phi) is 3.37. The lowest BCUT2D eigenvalue weighted by molar-refractivity contribution is 0.627. The van der Waals surface area contributed by atoms with Gasteiger partial charge in [-0.25, -0.2) is 14.4 Å². The zero-order chi connectivity index (χ0) is 17.5. The highest BCUT2D eigenvalue weighted by Gasteiger charge is 2.21. The monoisotopic (exact) mass is 350 g/mol. The van der Waals surface area contributed by atoms with Gasteiger partial charge in [-0.05, 0) is 30.3 Å². The fraction of sp³-hybridized carbons (Fsp3) is 0.235. The fourth-order valence-corrected chi connectivity index (χ4v) is 3.30. The third-order valence-corrected chi connectivity index (χ3v) is 4.63. The van der Waals surface area contributed by atoms with Crippen LogP contribution in [0, 0.1) is 5.82 Å². The summed E-state index contributed by atoms with van der Waals surface area (Å²) in [7, 11) is 0. The molecule has 1 fully saturated rings. The molecular weight excluding hydrogens is 335 g/mol. The number of halogens is 1. The second kappa shape index (κ2) is 5.87. The van der Waals surface area contributed by atoms with E-state index in [1.165, 1.54) is 18.5 Å². The number of piperazine rings is 1. The van der Waals surface area contributed by atoms with E-state index in [0.29, 0.717) is 0 Å². The van der Waals surface area contributed by atoms with Crippen molar-refractivity contribution in [2.24, 2.45) is 0 Å². The summed E-state index contributed by atoms with van der Waals surface area (Å²) in [6, 6.07) is 8.46. The van der Waals surface area contributed by atoms with E-state index in [-0.39, 0.29) is 5.82 Å². The van der Waals surface area contributed by atoms with Crippen LogP contribution in [-0.4, -0.2) is 56.0 Å². The van der Waals surface area contributed by atoms with Crippen LogP contribution in [0.3, 0.4) is 0 Å². The van der Waals surface area contributed by atoms with Crippen molar-refractivity contribution in [2.45, 2.75) is 0 Å². The molecule has 8 nitrogen and oxygen atoms in total. The van der Waals surface area contributed by atoms with Crippen molar-refractivity contribution in [1.29, 1.82) is 0 Å². The molecule has 1 saturated heterocycles. The number of rotatable bonds is 2. The molecule has 0 spiro atoms. The summed E-state index contributed by atoms with van der Waals surface area (Å²) >= 11 is 0. The van der Waals surface area contributed by atoms with Crippen LogP contribution in [0.5, 0.6) is 0 Å². The second-order valence-electron chi connectivity index (χ2n) is 6.16. The molecule has 3 aromatic heterocycles. The molecule has 0 amide bonds. The Labute approximate surface area is 147 Å². The minimum Gasteiger partial charge on any atom is -0.352 e. The molecular formula is C17H15FN8. The summed E-state index contributed by atoms with van der Waals surface area (Å²) in [6.45, 7) is 3.12. The highest BCUT2D eigenvalue weighted by atomic mass is 19.1. The van der Waals surface area contributed by atoms with Gasteiger partial charge in [0.2, 0.25) is 0 Å². The number of aromatic nitrogens is 6. The fourth-order valence-electron chi connectivity index (χ4n) is 3.30. The minimum atomic E-state index is -0.279. The molecule has 0 bridgehead atoms. The summed E-state index contributed by atoms with van der Waals surface area (Å²) in [5, 5.41) is 13.1. The van der Waals surface area contributed by atoms with Crippen molar-refractivity contribution in [3.63, 3.8) is 0 Å². The molecule has 26 heavy (non-hydrogen) atoms. The lowest BCUT2D eigenvalue weighted by atomic mass is 10.2. The van der Waals surface area contributed by atoms with E-state index in [4.69, 9.17) is 0 Å². The minimum absolute atomic E-state index is 0.279. The van der Waals surface area contributed by atoms with Gasteiger partial charge in [-0.1, -0.05) is 0 Å². The van der Waals surface area contributed by atoms with Crippen LogP contribution in [0.2, 0.25) is 0 Å². The Hall–Kier alpha value is -3.36. The van der Waals surface area contributed by atoms with Gasteiger partial charge in [-0.15, -0.1) is 15.3 Å². The van der Waals surface area contributed by atoms with Crippen LogP contribution in [0.1, 0.15) is 0 Å². The lowest BCUT2D eigenvalue weighted by Crippen LogP contribution is -2.47. The summed E-state index contributed by atoms with van der Waals surface area (Å²) in [4.78, 5) is 13.0. The molecule has 1 aliphatic heterocycles. The summed E-state index contributed by atoms with van der Waals surface area (Å²) in [5.74, 6) is 1.38. The van der Waals surface area contributed by atoms with E-state index >= 15 is 0 Å². The van der Waals surface area contributed by atoms with E-state index < -0.39 is 0 Å². The molecule has 0 unspecified atom stereocenters. The standard InChI is InChI=1S/C17H15FN8/c18-12-1-2-14-13(9-12)17(20-10-19-14)25-7-5-24(6-8-25)16-4-3-15-22-21-11-26(15)23-16/h1-4,9-11H,5-8H2. The van der Waals surface area contributed by atoms with Crippen LogP contribution < -0.4 is 9.80 Å². The van der Waals surface area contributed by atoms with Gasteiger partial charge in [0, 0.05) is 31.6 Å². The van der Waals surface area contributed by atoms with Crippen molar-refractivity contribution in [1.82, 2.24) is 29.8 Å². The van der Waals surface area contributed by atoms with Crippen LogP contribution in [0.25, 0.3) is 16.6 Å². The van der Waals surface area contributed by atoms with Crippen LogP contribution in [0.15, 0.2) is 43.0 Å². The molecule has 9 heteroatoms. The van der Waals surface area contributed by atoms with E-state index in [1.807, 2.05) is 12.1 Å². The smallest absolute Gasteiger partial charge is 0.177 e. The number of nitrogens with zero attached hydrogens (tertiary/aromatic N) is 8. The van der Waals surface area contributed by atoms with E-state index in [9.17, 15) is 4.39 Å². The molecule has 4 heterocycles. The number of hydrogen-bond acceptors (Lipinski definition) is 7. The number of hydrogen-bond donors (Lipinski definition) is 0. The molecule has 1 aromatic carbocycles. The first-order valence-corrected chi connectivity index (χ1v) is 8.35. The highest BCUT2D eigenvalue weighted by Crippen LogP contribution is 2.25. The average molecular weight is 350 g/mol. The SMILES string of the molecule is Fc1ccc2ncnc(N3CCN(c4ccc5nncn5n4)CC3)c2c1. The normalized spacial score (nSPS) is 15.1. The van der Waals surface area contributed by atoms with Crippen molar-refractivity contribution in [3.05, 3.63) is 48.8 Å². The Bertz CT molecular complexity index is 1090. The molecule has 4 aromatic rings. The van der Waals surface area contributed by atoms with Gasteiger partial charge in [-0.3, -0.25) is 0 Å². The van der Waals surface area contributed by atoms with Crippen molar-refractivity contribution >= 4 is 28.2 Å². The molecule has 1 aliphatic rings. The first-order valence-electron chi connectivity index (χ1n) is 8.35. The predicted molar refractivity (Wildman–Crippen MR) is 94.7 cm³/mol. The Morgan fingerprint density at radius 2 is 1.77 bits per heavy atom. The molecule has 0 atom stereocenters. The van der Waals surface area contributed by atoms with Crippen LogP contribution >= 0.6 is 0 Å². The second-order valence-corrected chi connectivity index (χ2v) is 6.16. The molecule has 0 saturated carbocycles. The van der Waals surface area contributed by atoms with Crippen LogP contribution in [-0.2, 0) is 0 Å². The van der Waals surface area contributed by atoms with Gasteiger partial charge in [0.25, 0.3) is 0 Å². The number of benzene rings is 1. The predicted octanol–water partition coefficient (Wildman–Crippen LogP) is 1.53. The van der Waals surface area contributed by atoms with Crippen molar-refractivity contribution < 1.29 is 4.39 Å². The third kappa shape index (κ3) is 2.48. The maximum atomic E-state index is 13.7. The summed E-state index contributed by atoms with van der Waals surface area (Å²) in [5.41, 5.74) is 1.47. The maximum absolute atomic E-state index is 13.7. The Morgan fingerprint density at radius 3 is 2.65 bits per heavy atom. The average Bonchev–Trinajstić information content (AvgIpc) is 3.15. The van der Waals surface area contributed by atoms with Gasteiger partial charge >= 0.3 is 0 Å².